The van der Waals surface area contributed by atoms with E-state index in [1.807, 2.05) is 0 Å². The quantitative estimate of drug-likeness (QED) is 0.0435. The highest BCUT2D eigenvalue weighted by molar-refractivity contribution is 5.69. The molecule has 0 spiro atoms. The van der Waals surface area contributed by atoms with Gasteiger partial charge in [0.05, 0.1) is 0 Å². The monoisotopic (exact) mass is 604 g/mol. The molecule has 0 aromatic rings. The van der Waals surface area contributed by atoms with Crippen LogP contribution in [0.5, 0.6) is 0 Å². The summed E-state index contributed by atoms with van der Waals surface area (Å²) in [5.74, 6) is 1.33. The molecule has 3 heteroatoms. The lowest BCUT2D eigenvalue weighted by molar-refractivity contribution is -0.153. The lowest BCUT2D eigenvalue weighted by atomic mass is 9.86. The molecule has 0 aromatic heterocycles. The fourth-order valence-electron chi connectivity index (χ4n) is 6.06. The molecule has 0 aromatic carbocycles. The van der Waals surface area contributed by atoms with Gasteiger partial charge < -0.3 is 9.64 Å². The predicted octanol–water partition coefficient (Wildman–Crippen LogP) is 12.6. The molecule has 0 aliphatic heterocycles. The summed E-state index contributed by atoms with van der Waals surface area (Å²) in [6.45, 7) is 10.4. The minimum Gasteiger partial charge on any atom is -0.462 e. The van der Waals surface area contributed by atoms with Gasteiger partial charge in [0.15, 0.2) is 0 Å². The van der Waals surface area contributed by atoms with E-state index < -0.39 is 0 Å². The summed E-state index contributed by atoms with van der Waals surface area (Å²) in [5.41, 5.74) is 0. The Morgan fingerprint density at radius 3 is 1.67 bits per heavy atom. The van der Waals surface area contributed by atoms with Crippen molar-refractivity contribution < 1.29 is 9.53 Å². The van der Waals surface area contributed by atoms with Crippen LogP contribution in [0.15, 0.2) is 24.3 Å². The average molecular weight is 604 g/mol. The Bertz CT molecular complexity index is 640. The average Bonchev–Trinajstić information content (AvgIpc) is 2.98. The van der Waals surface area contributed by atoms with E-state index in [0.717, 1.165) is 57.4 Å². The maximum Gasteiger partial charge on any atom is 0.306 e. The molecule has 0 saturated carbocycles. The van der Waals surface area contributed by atoms with Crippen LogP contribution in [0.4, 0.5) is 0 Å². The zero-order valence-electron chi connectivity index (χ0n) is 30.2. The van der Waals surface area contributed by atoms with Gasteiger partial charge in [-0.1, -0.05) is 123 Å². The highest BCUT2D eigenvalue weighted by atomic mass is 16.5. The number of unbranched alkanes of at least 4 members (excludes halogenated alkanes) is 12. The van der Waals surface area contributed by atoms with Gasteiger partial charge in [-0.05, 0) is 116 Å². The lowest BCUT2D eigenvalue weighted by Crippen LogP contribution is -2.27. The molecule has 0 N–H and O–H groups in total. The third-order valence-electron chi connectivity index (χ3n) is 8.95. The summed E-state index contributed by atoms with van der Waals surface area (Å²) in [7, 11) is 4.24. The first-order chi connectivity index (χ1) is 20.9. The molecule has 0 saturated heterocycles. The number of carbonyl (C=O) groups excluding carboxylic acids is 1. The first-order valence-electron chi connectivity index (χ1n) is 19.1. The zero-order valence-corrected chi connectivity index (χ0v) is 30.2. The number of carbonyl (C=O) groups is 1. The molecule has 0 amide bonds. The van der Waals surface area contributed by atoms with Crippen molar-refractivity contribution >= 4 is 5.97 Å². The van der Waals surface area contributed by atoms with Crippen LogP contribution in [0.3, 0.4) is 0 Å². The molecule has 0 aliphatic rings. The van der Waals surface area contributed by atoms with Crippen molar-refractivity contribution in [3.8, 4) is 0 Å². The maximum absolute atomic E-state index is 13.1. The second-order valence-electron chi connectivity index (χ2n) is 13.7. The van der Waals surface area contributed by atoms with Crippen LogP contribution in [0.1, 0.15) is 188 Å². The largest absolute Gasteiger partial charge is 0.462 e. The minimum atomic E-state index is 0.0405. The van der Waals surface area contributed by atoms with E-state index in [4.69, 9.17) is 4.74 Å². The zero-order chi connectivity index (χ0) is 31.8. The van der Waals surface area contributed by atoms with Gasteiger partial charge >= 0.3 is 5.97 Å². The van der Waals surface area contributed by atoms with Crippen LogP contribution in [-0.2, 0) is 9.53 Å². The van der Waals surface area contributed by atoms with Crippen molar-refractivity contribution in [3.05, 3.63) is 24.3 Å². The van der Waals surface area contributed by atoms with Crippen molar-refractivity contribution in [2.45, 2.75) is 194 Å². The van der Waals surface area contributed by atoms with Gasteiger partial charge in [0.1, 0.15) is 6.10 Å². The van der Waals surface area contributed by atoms with Gasteiger partial charge in [0.25, 0.3) is 0 Å². The van der Waals surface area contributed by atoms with Crippen molar-refractivity contribution in [1.29, 1.82) is 0 Å². The van der Waals surface area contributed by atoms with E-state index in [0.29, 0.717) is 12.3 Å². The first-order valence-corrected chi connectivity index (χ1v) is 19.1. The molecule has 0 radical (unpaired) electrons. The third kappa shape index (κ3) is 29.4. The standard InChI is InChI=1S/C40H77NO2/c1-7-10-13-15-17-19-21-25-32-38(33-29-31-37(4)30-24-12-9-3)39(34-26-22-20-18-16-14-11-8-2)43-40(42)35-27-23-28-36-41(5)6/h17-20,37-39H,7-16,21-36H2,1-6H3/b19-17-,20-18-. The Morgan fingerprint density at radius 1 is 0.581 bits per heavy atom. The van der Waals surface area contributed by atoms with E-state index in [1.165, 1.54) is 109 Å². The second kappa shape index (κ2) is 32.3. The maximum atomic E-state index is 13.1. The van der Waals surface area contributed by atoms with Crippen molar-refractivity contribution in [2.24, 2.45) is 11.8 Å². The van der Waals surface area contributed by atoms with Crippen LogP contribution >= 0.6 is 0 Å². The summed E-state index contributed by atoms with van der Waals surface area (Å²) in [4.78, 5) is 15.3. The number of nitrogens with zero attached hydrogens (tertiary/aromatic N) is 1. The van der Waals surface area contributed by atoms with E-state index in [9.17, 15) is 4.79 Å². The molecule has 3 nitrogen and oxygen atoms in total. The van der Waals surface area contributed by atoms with Crippen molar-refractivity contribution in [3.63, 3.8) is 0 Å². The van der Waals surface area contributed by atoms with Gasteiger partial charge in [0, 0.05) is 6.42 Å². The van der Waals surface area contributed by atoms with Gasteiger partial charge in [-0.2, -0.15) is 0 Å². The van der Waals surface area contributed by atoms with Crippen molar-refractivity contribution in [2.75, 3.05) is 20.6 Å². The molecule has 0 heterocycles. The normalized spacial score (nSPS) is 14.2. The Hall–Kier alpha value is -1.09. The number of hydrogen-bond acceptors (Lipinski definition) is 3. The van der Waals surface area contributed by atoms with E-state index >= 15 is 0 Å². The van der Waals surface area contributed by atoms with Crippen LogP contribution in [0.25, 0.3) is 0 Å². The molecule has 254 valence electrons. The first kappa shape index (κ1) is 41.9. The summed E-state index contributed by atoms with van der Waals surface area (Å²) in [6.07, 6.45) is 39.6. The summed E-state index contributed by atoms with van der Waals surface area (Å²) < 4.78 is 6.37. The Balaban J connectivity index is 5.18. The molecular formula is C40H77NO2. The summed E-state index contributed by atoms with van der Waals surface area (Å²) >= 11 is 0. The summed E-state index contributed by atoms with van der Waals surface area (Å²) in [5, 5.41) is 0. The van der Waals surface area contributed by atoms with E-state index in [-0.39, 0.29) is 12.1 Å². The molecule has 3 unspecified atom stereocenters. The molecule has 0 aliphatic carbocycles. The number of esters is 1. The number of hydrogen-bond donors (Lipinski definition) is 0. The number of rotatable bonds is 32. The highest BCUT2D eigenvalue weighted by Crippen LogP contribution is 2.28. The topological polar surface area (TPSA) is 29.5 Å². The molecular weight excluding hydrogens is 526 g/mol. The van der Waals surface area contributed by atoms with Crippen LogP contribution in [0.2, 0.25) is 0 Å². The number of ether oxygens (including phenoxy) is 1. The summed E-state index contributed by atoms with van der Waals surface area (Å²) in [6, 6.07) is 0. The fraction of sp³-hybridized carbons (Fsp3) is 0.875. The molecule has 0 bridgehead atoms. The van der Waals surface area contributed by atoms with Gasteiger partial charge in [-0.3, -0.25) is 4.79 Å². The Morgan fingerprint density at radius 2 is 1.09 bits per heavy atom. The van der Waals surface area contributed by atoms with Gasteiger partial charge in [-0.15, -0.1) is 0 Å². The SMILES string of the molecule is CCCCC/C=C\CCCC(CCCC(C)CCCCC)C(CCC/C=C\CCCCC)OC(=O)CCCCCN(C)C. The van der Waals surface area contributed by atoms with Crippen LogP contribution in [0, 0.1) is 11.8 Å². The van der Waals surface area contributed by atoms with Crippen LogP contribution < -0.4 is 0 Å². The Labute approximate surface area is 271 Å². The third-order valence-corrected chi connectivity index (χ3v) is 8.95. The number of allylic oxidation sites excluding steroid dienone is 4. The fourth-order valence-corrected chi connectivity index (χ4v) is 6.06. The van der Waals surface area contributed by atoms with E-state index in [2.05, 4.69) is 71.0 Å². The molecule has 0 fully saturated rings. The predicted molar refractivity (Wildman–Crippen MR) is 192 cm³/mol. The lowest BCUT2D eigenvalue weighted by Gasteiger charge is -2.28. The van der Waals surface area contributed by atoms with Gasteiger partial charge in [-0.25, -0.2) is 0 Å². The molecule has 43 heavy (non-hydrogen) atoms. The van der Waals surface area contributed by atoms with E-state index in [1.54, 1.807) is 0 Å². The molecule has 3 atom stereocenters. The molecule has 0 rings (SSSR count). The highest BCUT2D eigenvalue weighted by Gasteiger charge is 2.24. The van der Waals surface area contributed by atoms with Crippen molar-refractivity contribution in [1.82, 2.24) is 4.90 Å². The van der Waals surface area contributed by atoms with Gasteiger partial charge in [0.2, 0.25) is 0 Å². The minimum absolute atomic E-state index is 0.0405. The smallest absolute Gasteiger partial charge is 0.306 e. The Kier molecular flexibility index (Phi) is 31.5. The van der Waals surface area contributed by atoms with Crippen LogP contribution in [-0.4, -0.2) is 37.6 Å². The second-order valence-corrected chi connectivity index (χ2v) is 13.7.